The van der Waals surface area contributed by atoms with E-state index in [1.165, 1.54) is 0 Å². The van der Waals surface area contributed by atoms with Crippen LogP contribution in [0.2, 0.25) is 0 Å². The Hall–Kier alpha value is -0.220. The van der Waals surface area contributed by atoms with E-state index in [2.05, 4.69) is 11.6 Å². The predicted octanol–water partition coefficient (Wildman–Crippen LogP) is 2.06. The molecule has 0 spiro atoms. The number of hydrogen-bond acceptors (Lipinski definition) is 4. The number of unbranched alkanes of at least 4 members (excludes halogenated alkanes) is 1. The van der Waals surface area contributed by atoms with E-state index >= 15 is 0 Å². The van der Waals surface area contributed by atoms with Gasteiger partial charge in [-0.3, -0.25) is 4.79 Å². The highest BCUT2D eigenvalue weighted by atomic mass is 32.2. The molecule has 0 aliphatic carbocycles. The molecule has 0 aromatic carbocycles. The monoisotopic (exact) mass is 233 g/mol. The van der Waals surface area contributed by atoms with Crippen LogP contribution >= 0.6 is 11.8 Å². The van der Waals surface area contributed by atoms with Crippen molar-refractivity contribution in [2.24, 2.45) is 0 Å². The van der Waals surface area contributed by atoms with Crippen molar-refractivity contribution in [3.8, 4) is 0 Å². The molecule has 0 heterocycles. The van der Waals surface area contributed by atoms with Crippen molar-refractivity contribution in [1.82, 2.24) is 5.32 Å². The summed E-state index contributed by atoms with van der Waals surface area (Å²) in [7, 11) is 1.81. The van der Waals surface area contributed by atoms with Crippen LogP contribution in [-0.2, 0) is 9.53 Å². The van der Waals surface area contributed by atoms with E-state index in [-0.39, 0.29) is 5.97 Å². The lowest BCUT2D eigenvalue weighted by Crippen LogP contribution is -2.48. The zero-order valence-electron chi connectivity index (χ0n) is 10.3. The topological polar surface area (TPSA) is 38.3 Å². The molecule has 15 heavy (non-hydrogen) atoms. The van der Waals surface area contributed by atoms with Crippen molar-refractivity contribution in [2.75, 3.05) is 25.7 Å². The molecule has 0 saturated carbocycles. The number of carbonyl (C=O) groups is 1. The molecule has 0 bridgehead atoms. The summed E-state index contributed by atoms with van der Waals surface area (Å²) in [6.07, 6.45) is 5.14. The van der Waals surface area contributed by atoms with Crippen molar-refractivity contribution in [2.45, 2.75) is 38.6 Å². The van der Waals surface area contributed by atoms with Gasteiger partial charge in [0, 0.05) is 0 Å². The second-order valence-electron chi connectivity index (χ2n) is 3.75. The minimum Gasteiger partial charge on any atom is -0.465 e. The highest BCUT2D eigenvalue weighted by Gasteiger charge is 2.31. The summed E-state index contributed by atoms with van der Waals surface area (Å²) in [5.74, 6) is 1.01. The predicted molar refractivity (Wildman–Crippen MR) is 66.3 cm³/mol. The van der Waals surface area contributed by atoms with E-state index in [1.54, 1.807) is 0 Å². The van der Waals surface area contributed by atoms with Crippen molar-refractivity contribution in [1.29, 1.82) is 0 Å². The van der Waals surface area contributed by atoms with Gasteiger partial charge in [0.2, 0.25) is 0 Å². The zero-order chi connectivity index (χ0) is 11.7. The third kappa shape index (κ3) is 5.42. The fourth-order valence-electron chi connectivity index (χ4n) is 1.34. The van der Waals surface area contributed by atoms with Crippen molar-refractivity contribution in [3.05, 3.63) is 0 Å². The van der Waals surface area contributed by atoms with Gasteiger partial charge in [-0.15, -0.1) is 0 Å². The number of thioether (sulfide) groups is 1. The van der Waals surface area contributed by atoms with Crippen molar-refractivity contribution in [3.63, 3.8) is 0 Å². The van der Waals surface area contributed by atoms with Gasteiger partial charge < -0.3 is 10.1 Å². The van der Waals surface area contributed by atoms with Crippen LogP contribution in [0.15, 0.2) is 0 Å². The first-order valence-electron chi connectivity index (χ1n) is 5.45. The highest BCUT2D eigenvalue weighted by molar-refractivity contribution is 7.98. The number of likely N-dealkylation sites (N-methyl/N-ethyl adjacent to an activating group) is 1. The minimum absolute atomic E-state index is 0.142. The normalized spacial score (nSPS) is 14.7. The highest BCUT2D eigenvalue weighted by Crippen LogP contribution is 2.16. The van der Waals surface area contributed by atoms with Crippen LogP contribution in [0.4, 0.5) is 0 Å². The number of esters is 1. The maximum Gasteiger partial charge on any atom is 0.326 e. The van der Waals surface area contributed by atoms with Gasteiger partial charge in [0.1, 0.15) is 5.54 Å². The summed E-state index contributed by atoms with van der Waals surface area (Å²) >= 11 is 1.84. The standard InChI is InChI=1S/C11H23NO2S/c1-5-14-10(13)11(2,12-3)8-6-7-9-15-4/h12H,5-9H2,1-4H3. The number of hydrogen-bond donors (Lipinski definition) is 1. The Kier molecular flexibility index (Phi) is 7.88. The second kappa shape index (κ2) is 7.99. The van der Waals surface area contributed by atoms with E-state index in [4.69, 9.17) is 4.74 Å². The molecule has 0 aromatic heterocycles. The summed E-state index contributed by atoms with van der Waals surface area (Å²) < 4.78 is 5.05. The first-order valence-corrected chi connectivity index (χ1v) is 6.85. The molecule has 0 aromatic rings. The fraction of sp³-hybridized carbons (Fsp3) is 0.909. The number of nitrogens with one attached hydrogen (secondary N) is 1. The van der Waals surface area contributed by atoms with E-state index in [0.717, 1.165) is 25.0 Å². The SMILES string of the molecule is CCOC(=O)C(C)(CCCCSC)NC. The number of rotatable bonds is 8. The first kappa shape index (κ1) is 14.8. The fourth-order valence-corrected chi connectivity index (χ4v) is 1.84. The molecule has 1 N–H and O–H groups in total. The van der Waals surface area contributed by atoms with E-state index in [1.807, 2.05) is 32.7 Å². The Morgan fingerprint density at radius 2 is 2.13 bits per heavy atom. The van der Waals surface area contributed by atoms with Crippen LogP contribution in [0, 0.1) is 0 Å². The second-order valence-corrected chi connectivity index (χ2v) is 4.74. The Morgan fingerprint density at radius 3 is 2.60 bits per heavy atom. The third-order valence-corrected chi connectivity index (χ3v) is 3.25. The van der Waals surface area contributed by atoms with Gasteiger partial charge in [0.05, 0.1) is 6.61 Å². The molecule has 1 unspecified atom stereocenters. The van der Waals surface area contributed by atoms with Crippen LogP contribution in [0.5, 0.6) is 0 Å². The average molecular weight is 233 g/mol. The summed E-state index contributed by atoms with van der Waals surface area (Å²) in [6.45, 7) is 4.19. The average Bonchev–Trinajstić information content (AvgIpc) is 2.24. The van der Waals surface area contributed by atoms with Crippen LogP contribution in [0.25, 0.3) is 0 Å². The third-order valence-electron chi connectivity index (χ3n) is 2.55. The van der Waals surface area contributed by atoms with Gasteiger partial charge in [0.15, 0.2) is 0 Å². The molecule has 0 radical (unpaired) electrons. The molecule has 4 heteroatoms. The van der Waals surface area contributed by atoms with E-state index in [0.29, 0.717) is 6.61 Å². The molecular formula is C11H23NO2S. The molecule has 0 aliphatic rings. The molecule has 0 aliphatic heterocycles. The molecule has 3 nitrogen and oxygen atoms in total. The summed E-state index contributed by atoms with van der Waals surface area (Å²) in [5, 5.41) is 3.06. The van der Waals surface area contributed by atoms with Crippen molar-refractivity contribution >= 4 is 17.7 Å². The molecule has 0 amide bonds. The molecule has 0 rings (SSSR count). The molecular weight excluding hydrogens is 210 g/mol. The minimum atomic E-state index is -0.519. The largest absolute Gasteiger partial charge is 0.465 e. The lowest BCUT2D eigenvalue weighted by molar-refractivity contribution is -0.150. The Balaban J connectivity index is 4.00. The molecule has 0 fully saturated rings. The maximum absolute atomic E-state index is 11.7. The van der Waals surface area contributed by atoms with Gasteiger partial charge in [-0.05, 0) is 45.7 Å². The summed E-state index contributed by atoms with van der Waals surface area (Å²) in [4.78, 5) is 11.7. The van der Waals surface area contributed by atoms with Gasteiger partial charge in [-0.25, -0.2) is 0 Å². The zero-order valence-corrected chi connectivity index (χ0v) is 11.1. The Bertz CT molecular complexity index is 187. The first-order chi connectivity index (χ1) is 7.10. The van der Waals surface area contributed by atoms with Gasteiger partial charge in [-0.1, -0.05) is 6.42 Å². The van der Waals surface area contributed by atoms with E-state index in [9.17, 15) is 4.79 Å². The molecule has 0 saturated heterocycles. The molecule has 90 valence electrons. The van der Waals surface area contributed by atoms with Crippen molar-refractivity contribution < 1.29 is 9.53 Å². The van der Waals surface area contributed by atoms with Crippen LogP contribution in [-0.4, -0.2) is 37.2 Å². The maximum atomic E-state index is 11.7. The van der Waals surface area contributed by atoms with E-state index < -0.39 is 5.54 Å². The van der Waals surface area contributed by atoms with Gasteiger partial charge in [0.25, 0.3) is 0 Å². The lowest BCUT2D eigenvalue weighted by atomic mass is 9.95. The quantitative estimate of drug-likeness (QED) is 0.514. The van der Waals surface area contributed by atoms with Crippen LogP contribution < -0.4 is 5.32 Å². The summed E-state index contributed by atoms with van der Waals surface area (Å²) in [6, 6.07) is 0. The van der Waals surface area contributed by atoms with Gasteiger partial charge in [-0.2, -0.15) is 11.8 Å². The van der Waals surface area contributed by atoms with Crippen LogP contribution in [0.3, 0.4) is 0 Å². The lowest BCUT2D eigenvalue weighted by Gasteiger charge is -2.26. The smallest absolute Gasteiger partial charge is 0.326 e. The number of carbonyl (C=O) groups excluding carboxylic acids is 1. The van der Waals surface area contributed by atoms with Crippen LogP contribution in [0.1, 0.15) is 33.1 Å². The summed E-state index contributed by atoms with van der Waals surface area (Å²) in [5.41, 5.74) is -0.519. The van der Waals surface area contributed by atoms with Gasteiger partial charge >= 0.3 is 5.97 Å². The number of ether oxygens (including phenoxy) is 1. The Labute approximate surface area is 97.3 Å². The molecule has 1 atom stereocenters. The Morgan fingerprint density at radius 1 is 1.47 bits per heavy atom.